The molecule has 0 radical (unpaired) electrons. The maximum absolute atomic E-state index is 12.6. The van der Waals surface area contributed by atoms with Crippen molar-refractivity contribution < 1.29 is 9.18 Å². The summed E-state index contributed by atoms with van der Waals surface area (Å²) in [6.45, 7) is 1.92. The van der Waals surface area contributed by atoms with Gasteiger partial charge in [0.1, 0.15) is 12.1 Å². The van der Waals surface area contributed by atoms with Crippen LogP contribution in [-0.4, -0.2) is 6.29 Å². The summed E-state index contributed by atoms with van der Waals surface area (Å²) in [6.07, 6.45) is 1.40. The Morgan fingerprint density at radius 1 is 1.45 bits per heavy atom. The smallest absolute Gasteiger partial charge is 0.150 e. The van der Waals surface area contributed by atoms with Crippen LogP contribution in [0.3, 0.4) is 0 Å². The molecular formula is C9H9FO. The summed E-state index contributed by atoms with van der Waals surface area (Å²) >= 11 is 0. The van der Waals surface area contributed by atoms with Gasteiger partial charge in [-0.15, -0.1) is 0 Å². The van der Waals surface area contributed by atoms with Gasteiger partial charge in [0.2, 0.25) is 0 Å². The summed E-state index contributed by atoms with van der Waals surface area (Å²) in [5.41, 5.74) is 1.26. The monoisotopic (exact) mass is 152 g/mol. The third-order valence-corrected chi connectivity index (χ3v) is 1.52. The standard InChI is InChI=1S/C9H9FO/c1-2-7-3-8(6-11)5-9(10)4-7/h3-6H,2H2,1H3. The second kappa shape index (κ2) is 3.28. The molecule has 0 unspecified atom stereocenters. The van der Waals surface area contributed by atoms with Crippen molar-refractivity contribution in [1.82, 2.24) is 0 Å². The van der Waals surface area contributed by atoms with Crippen LogP contribution in [0.4, 0.5) is 4.39 Å². The number of carbonyl (C=O) groups excluding carboxylic acids is 1. The van der Waals surface area contributed by atoms with Crippen molar-refractivity contribution in [2.75, 3.05) is 0 Å². The first-order chi connectivity index (χ1) is 5.26. The molecule has 1 nitrogen and oxygen atoms in total. The Bertz CT molecular complexity index is 268. The van der Waals surface area contributed by atoms with E-state index in [0.29, 0.717) is 11.8 Å². The highest BCUT2D eigenvalue weighted by Crippen LogP contribution is 2.07. The van der Waals surface area contributed by atoms with Crippen LogP contribution in [0.2, 0.25) is 0 Å². The van der Waals surface area contributed by atoms with Gasteiger partial charge in [-0.2, -0.15) is 0 Å². The Labute approximate surface area is 64.9 Å². The normalized spacial score (nSPS) is 9.64. The van der Waals surface area contributed by atoms with Gasteiger partial charge in [0.05, 0.1) is 0 Å². The Morgan fingerprint density at radius 2 is 2.18 bits per heavy atom. The molecule has 0 heterocycles. The molecule has 2 heteroatoms. The molecular weight excluding hydrogens is 143 g/mol. The van der Waals surface area contributed by atoms with Crippen molar-refractivity contribution in [1.29, 1.82) is 0 Å². The Morgan fingerprint density at radius 3 is 2.73 bits per heavy atom. The average Bonchev–Trinajstić information content (AvgIpc) is 2.03. The maximum Gasteiger partial charge on any atom is 0.150 e. The van der Waals surface area contributed by atoms with Gasteiger partial charge in [0.25, 0.3) is 0 Å². The maximum atomic E-state index is 12.6. The van der Waals surface area contributed by atoms with Gasteiger partial charge in [-0.3, -0.25) is 4.79 Å². The minimum absolute atomic E-state index is 0.341. The van der Waals surface area contributed by atoms with Crippen LogP contribution < -0.4 is 0 Å². The summed E-state index contributed by atoms with van der Waals surface area (Å²) in [6, 6.07) is 4.36. The zero-order chi connectivity index (χ0) is 8.27. The van der Waals surface area contributed by atoms with E-state index in [-0.39, 0.29) is 5.82 Å². The van der Waals surface area contributed by atoms with Crippen LogP contribution >= 0.6 is 0 Å². The number of benzene rings is 1. The minimum Gasteiger partial charge on any atom is -0.298 e. The minimum atomic E-state index is -0.341. The topological polar surface area (TPSA) is 17.1 Å². The molecule has 0 N–H and O–H groups in total. The summed E-state index contributed by atoms with van der Waals surface area (Å²) in [5.74, 6) is -0.341. The predicted octanol–water partition coefficient (Wildman–Crippen LogP) is 2.20. The summed E-state index contributed by atoms with van der Waals surface area (Å²) in [4.78, 5) is 10.3. The molecule has 0 amide bonds. The van der Waals surface area contributed by atoms with Crippen LogP contribution in [0.25, 0.3) is 0 Å². The first kappa shape index (κ1) is 7.92. The second-order valence-electron chi connectivity index (χ2n) is 2.36. The van der Waals surface area contributed by atoms with E-state index >= 15 is 0 Å². The lowest BCUT2D eigenvalue weighted by molar-refractivity contribution is 0.112. The Balaban J connectivity index is 3.11. The van der Waals surface area contributed by atoms with Crippen LogP contribution in [0, 0.1) is 5.82 Å². The zero-order valence-electron chi connectivity index (χ0n) is 6.30. The number of hydrogen-bond donors (Lipinski definition) is 0. The number of aldehydes is 1. The van der Waals surface area contributed by atoms with Crippen molar-refractivity contribution in [3.8, 4) is 0 Å². The van der Waals surface area contributed by atoms with E-state index in [9.17, 15) is 9.18 Å². The second-order valence-corrected chi connectivity index (χ2v) is 2.36. The van der Waals surface area contributed by atoms with E-state index in [1.165, 1.54) is 12.1 Å². The van der Waals surface area contributed by atoms with Crippen molar-refractivity contribution in [3.05, 3.63) is 35.1 Å². The van der Waals surface area contributed by atoms with E-state index < -0.39 is 0 Å². The van der Waals surface area contributed by atoms with Crippen LogP contribution in [-0.2, 0) is 6.42 Å². The number of halogens is 1. The lowest BCUT2D eigenvalue weighted by Gasteiger charge is -1.97. The molecule has 0 atom stereocenters. The van der Waals surface area contributed by atoms with E-state index in [0.717, 1.165) is 12.0 Å². The van der Waals surface area contributed by atoms with Gasteiger partial charge in [-0.1, -0.05) is 6.92 Å². The Kier molecular flexibility index (Phi) is 2.36. The number of hydrogen-bond acceptors (Lipinski definition) is 1. The summed E-state index contributed by atoms with van der Waals surface area (Å²) < 4.78 is 12.6. The highest BCUT2D eigenvalue weighted by molar-refractivity contribution is 5.75. The number of rotatable bonds is 2. The van der Waals surface area contributed by atoms with E-state index in [1.807, 2.05) is 6.92 Å². The fourth-order valence-corrected chi connectivity index (χ4v) is 0.948. The molecule has 0 aliphatic carbocycles. The van der Waals surface area contributed by atoms with Crippen molar-refractivity contribution in [2.45, 2.75) is 13.3 Å². The predicted molar refractivity (Wildman–Crippen MR) is 41.2 cm³/mol. The van der Waals surface area contributed by atoms with Crippen molar-refractivity contribution >= 4 is 6.29 Å². The zero-order valence-corrected chi connectivity index (χ0v) is 6.30. The van der Waals surface area contributed by atoms with Gasteiger partial charge in [0, 0.05) is 5.56 Å². The van der Waals surface area contributed by atoms with Crippen molar-refractivity contribution in [2.24, 2.45) is 0 Å². The van der Waals surface area contributed by atoms with E-state index in [1.54, 1.807) is 6.07 Å². The molecule has 1 aromatic carbocycles. The highest BCUT2D eigenvalue weighted by Gasteiger charge is 1.97. The summed E-state index contributed by atoms with van der Waals surface area (Å²) in [7, 11) is 0. The fraction of sp³-hybridized carbons (Fsp3) is 0.222. The molecule has 0 aromatic heterocycles. The van der Waals surface area contributed by atoms with Crippen LogP contribution in [0.15, 0.2) is 18.2 Å². The van der Waals surface area contributed by atoms with Gasteiger partial charge in [-0.25, -0.2) is 4.39 Å². The van der Waals surface area contributed by atoms with Gasteiger partial charge >= 0.3 is 0 Å². The lowest BCUT2D eigenvalue weighted by Crippen LogP contribution is -1.87. The first-order valence-corrected chi connectivity index (χ1v) is 3.51. The molecule has 1 rings (SSSR count). The van der Waals surface area contributed by atoms with Gasteiger partial charge < -0.3 is 0 Å². The molecule has 0 aliphatic rings. The molecule has 0 fully saturated rings. The fourth-order valence-electron chi connectivity index (χ4n) is 0.948. The third kappa shape index (κ3) is 1.87. The molecule has 58 valence electrons. The average molecular weight is 152 g/mol. The number of aryl methyl sites for hydroxylation is 1. The van der Waals surface area contributed by atoms with Crippen molar-refractivity contribution in [3.63, 3.8) is 0 Å². The SMILES string of the molecule is CCc1cc(F)cc(C=O)c1. The van der Waals surface area contributed by atoms with Gasteiger partial charge in [-0.05, 0) is 30.2 Å². The molecule has 0 bridgehead atoms. The molecule has 11 heavy (non-hydrogen) atoms. The quantitative estimate of drug-likeness (QED) is 0.594. The third-order valence-electron chi connectivity index (χ3n) is 1.52. The molecule has 0 saturated heterocycles. The largest absolute Gasteiger partial charge is 0.298 e. The Hall–Kier alpha value is -1.18. The molecule has 1 aromatic rings. The van der Waals surface area contributed by atoms with Gasteiger partial charge in [0.15, 0.2) is 0 Å². The van der Waals surface area contributed by atoms with E-state index in [4.69, 9.17) is 0 Å². The first-order valence-electron chi connectivity index (χ1n) is 3.51. The highest BCUT2D eigenvalue weighted by atomic mass is 19.1. The van der Waals surface area contributed by atoms with Crippen LogP contribution in [0.5, 0.6) is 0 Å². The summed E-state index contributed by atoms with van der Waals surface area (Å²) in [5, 5.41) is 0. The van der Waals surface area contributed by atoms with E-state index in [2.05, 4.69) is 0 Å². The molecule has 0 spiro atoms. The lowest BCUT2D eigenvalue weighted by atomic mass is 10.1. The van der Waals surface area contributed by atoms with Crippen LogP contribution in [0.1, 0.15) is 22.8 Å². The molecule has 0 aliphatic heterocycles. The number of carbonyl (C=O) groups is 1. The molecule has 0 saturated carbocycles.